The zero-order valence-electron chi connectivity index (χ0n) is 4.01. The van der Waals surface area contributed by atoms with Gasteiger partial charge in [0.25, 0.3) is 0 Å². The van der Waals surface area contributed by atoms with Crippen molar-refractivity contribution in [1.29, 1.82) is 0 Å². The van der Waals surface area contributed by atoms with Crippen LogP contribution in [0.15, 0.2) is 0 Å². The predicted molar refractivity (Wildman–Crippen MR) is 34.9 cm³/mol. The Bertz CT molecular complexity index is 28.0. The van der Waals surface area contributed by atoms with Crippen LogP contribution in [0, 0.1) is 0 Å². The lowest BCUT2D eigenvalue weighted by Crippen LogP contribution is -2.03. The van der Waals surface area contributed by atoms with E-state index >= 15 is 0 Å². The molecule has 0 spiro atoms. The second kappa shape index (κ2) is 3.84. The van der Waals surface area contributed by atoms with Crippen molar-refractivity contribution in [2.45, 2.75) is 6.92 Å². The largest absolute Gasteiger partial charge is 0.245 e. The summed E-state index contributed by atoms with van der Waals surface area (Å²) in [6.07, 6.45) is 0. The van der Waals surface area contributed by atoms with Crippen molar-refractivity contribution in [2.24, 2.45) is 0 Å². The van der Waals surface area contributed by atoms with E-state index in [2.05, 4.69) is 18.6 Å². The van der Waals surface area contributed by atoms with Gasteiger partial charge in [-0.15, -0.1) is 0 Å². The highest BCUT2D eigenvalue weighted by molar-refractivity contribution is 8.67. The van der Waals surface area contributed by atoms with Crippen molar-refractivity contribution >= 4 is 22.6 Å². The first kappa shape index (κ1) is 6.66. The molecule has 0 rings (SSSR count). The van der Waals surface area contributed by atoms with Crippen LogP contribution in [0.25, 0.3) is 0 Å². The van der Waals surface area contributed by atoms with E-state index in [1.807, 2.05) is 11.4 Å². The number of hydrogen-bond donors (Lipinski definition) is 1. The molecular weight excluding hydrogens is 114 g/mol. The maximum absolute atomic E-state index is 3.94. The standard InChI is InChI=1S/C3H9NS2/c1-3-4(2)6-5/h5H,3H2,1-2H3. The first-order chi connectivity index (χ1) is 2.81. The Morgan fingerprint density at radius 2 is 2.33 bits per heavy atom. The predicted octanol–water partition coefficient (Wildman–Crippen LogP) is 1.43. The van der Waals surface area contributed by atoms with Gasteiger partial charge in [0.1, 0.15) is 0 Å². The van der Waals surface area contributed by atoms with Crippen LogP contribution < -0.4 is 0 Å². The lowest BCUT2D eigenvalue weighted by molar-refractivity contribution is 0.609. The van der Waals surface area contributed by atoms with Crippen molar-refractivity contribution in [3.05, 3.63) is 0 Å². The van der Waals surface area contributed by atoms with Gasteiger partial charge in [-0.3, -0.25) is 0 Å². The summed E-state index contributed by atoms with van der Waals surface area (Å²) >= 11 is 3.94. The summed E-state index contributed by atoms with van der Waals surface area (Å²) in [7, 11) is 3.45. The van der Waals surface area contributed by atoms with Gasteiger partial charge < -0.3 is 0 Å². The molecule has 0 aromatic carbocycles. The molecule has 0 saturated heterocycles. The Kier molecular flexibility index (Phi) is 4.26. The third-order valence-electron chi connectivity index (χ3n) is 0.585. The fourth-order valence-corrected chi connectivity index (χ4v) is 0.520. The Balaban J connectivity index is 2.75. The lowest BCUT2D eigenvalue weighted by Gasteiger charge is -2.04. The van der Waals surface area contributed by atoms with E-state index in [4.69, 9.17) is 0 Å². The van der Waals surface area contributed by atoms with Gasteiger partial charge >= 0.3 is 0 Å². The molecule has 0 bridgehead atoms. The number of hydrogen-bond acceptors (Lipinski definition) is 3. The van der Waals surface area contributed by atoms with Crippen molar-refractivity contribution < 1.29 is 0 Å². The molecule has 3 heteroatoms. The van der Waals surface area contributed by atoms with E-state index in [0.29, 0.717) is 0 Å². The number of thiol groups is 1. The van der Waals surface area contributed by atoms with Crippen molar-refractivity contribution in [2.75, 3.05) is 13.6 Å². The van der Waals surface area contributed by atoms with Gasteiger partial charge in [0.05, 0.1) is 0 Å². The second-order valence-corrected chi connectivity index (χ2v) is 2.30. The molecule has 0 heterocycles. The van der Waals surface area contributed by atoms with E-state index in [0.717, 1.165) is 6.54 Å². The van der Waals surface area contributed by atoms with Crippen molar-refractivity contribution in [1.82, 2.24) is 4.31 Å². The van der Waals surface area contributed by atoms with Crippen LogP contribution in [0.2, 0.25) is 0 Å². The topological polar surface area (TPSA) is 3.24 Å². The quantitative estimate of drug-likeness (QED) is 0.336. The van der Waals surface area contributed by atoms with Crippen LogP contribution in [0.3, 0.4) is 0 Å². The normalized spacial score (nSPS) is 10.0. The van der Waals surface area contributed by atoms with Gasteiger partial charge in [0.2, 0.25) is 0 Å². The van der Waals surface area contributed by atoms with E-state index in [-0.39, 0.29) is 0 Å². The summed E-state index contributed by atoms with van der Waals surface area (Å²) in [6, 6.07) is 0. The molecule has 0 aliphatic heterocycles. The molecule has 6 heavy (non-hydrogen) atoms. The molecule has 0 unspecified atom stereocenters. The Morgan fingerprint density at radius 1 is 1.83 bits per heavy atom. The molecule has 38 valence electrons. The van der Waals surface area contributed by atoms with Gasteiger partial charge in [0.15, 0.2) is 0 Å². The van der Waals surface area contributed by atoms with Crippen LogP contribution in [0.5, 0.6) is 0 Å². The minimum atomic E-state index is 1.05. The molecule has 0 saturated carbocycles. The van der Waals surface area contributed by atoms with Gasteiger partial charge in [-0.2, -0.15) is 0 Å². The highest BCUT2D eigenvalue weighted by Crippen LogP contribution is 2.08. The van der Waals surface area contributed by atoms with Crippen LogP contribution >= 0.6 is 22.6 Å². The van der Waals surface area contributed by atoms with E-state index in [1.54, 1.807) is 0 Å². The molecule has 0 aromatic heterocycles. The van der Waals surface area contributed by atoms with Gasteiger partial charge in [0, 0.05) is 6.54 Å². The van der Waals surface area contributed by atoms with Crippen LogP contribution in [0.4, 0.5) is 0 Å². The summed E-state index contributed by atoms with van der Waals surface area (Å²) in [5.41, 5.74) is 0. The maximum Gasteiger partial charge on any atom is 0.00656 e. The van der Waals surface area contributed by atoms with E-state index in [1.165, 1.54) is 11.0 Å². The highest BCUT2D eigenvalue weighted by Gasteiger charge is 1.83. The average molecular weight is 123 g/mol. The van der Waals surface area contributed by atoms with Crippen LogP contribution in [0.1, 0.15) is 6.92 Å². The first-order valence-electron chi connectivity index (χ1n) is 1.84. The van der Waals surface area contributed by atoms with Crippen molar-refractivity contribution in [3.8, 4) is 0 Å². The Hall–Kier alpha value is 0.660. The third kappa shape index (κ3) is 2.87. The van der Waals surface area contributed by atoms with Crippen LogP contribution in [-0.2, 0) is 0 Å². The summed E-state index contributed by atoms with van der Waals surface area (Å²) in [5, 5.41) is 0. The summed E-state index contributed by atoms with van der Waals surface area (Å²) in [5.74, 6) is 0. The van der Waals surface area contributed by atoms with E-state index in [9.17, 15) is 0 Å². The zero-order chi connectivity index (χ0) is 4.99. The molecule has 0 radical (unpaired) electrons. The number of rotatable bonds is 2. The lowest BCUT2D eigenvalue weighted by atomic mass is 10.8. The Morgan fingerprint density at radius 3 is 2.33 bits per heavy atom. The molecule has 0 aromatic rings. The first-order valence-corrected chi connectivity index (χ1v) is 3.66. The fraction of sp³-hybridized carbons (Fsp3) is 1.00. The summed E-state index contributed by atoms with van der Waals surface area (Å²) < 4.78 is 2.03. The van der Waals surface area contributed by atoms with Gasteiger partial charge in [-0.1, -0.05) is 18.6 Å². The van der Waals surface area contributed by atoms with Crippen molar-refractivity contribution in [3.63, 3.8) is 0 Å². The molecule has 0 fully saturated rings. The Labute approximate surface area is 48.0 Å². The smallest absolute Gasteiger partial charge is 0.00656 e. The minimum Gasteiger partial charge on any atom is -0.245 e. The SMILES string of the molecule is CCN(C)SS. The van der Waals surface area contributed by atoms with Gasteiger partial charge in [-0.25, -0.2) is 4.31 Å². The molecule has 0 amide bonds. The molecule has 1 nitrogen and oxygen atoms in total. The molecule has 0 N–H and O–H groups in total. The zero-order valence-corrected chi connectivity index (χ0v) is 5.72. The molecule has 0 atom stereocenters. The minimum absolute atomic E-state index is 1.05. The van der Waals surface area contributed by atoms with Gasteiger partial charge in [-0.05, 0) is 18.0 Å². The summed E-state index contributed by atoms with van der Waals surface area (Å²) in [6.45, 7) is 3.14. The fourth-order valence-electron chi connectivity index (χ4n) is 0.0577. The molecule has 0 aliphatic carbocycles. The molecular formula is C3H9NS2. The maximum atomic E-state index is 3.94. The highest BCUT2D eigenvalue weighted by atomic mass is 33.1. The second-order valence-electron chi connectivity index (χ2n) is 1.03. The average Bonchev–Trinajstić information content (AvgIpc) is 1.65. The van der Waals surface area contributed by atoms with Crippen LogP contribution in [-0.4, -0.2) is 17.9 Å². The molecule has 0 aliphatic rings. The monoisotopic (exact) mass is 123 g/mol. The number of nitrogens with zero attached hydrogens (tertiary/aromatic N) is 1. The third-order valence-corrected chi connectivity index (χ3v) is 1.96. The summed E-state index contributed by atoms with van der Waals surface area (Å²) in [4.78, 5) is 0. The van der Waals surface area contributed by atoms with E-state index < -0.39 is 0 Å².